The first-order valence-electron chi connectivity index (χ1n) is 3.34. The summed E-state index contributed by atoms with van der Waals surface area (Å²) >= 11 is 5.39. The topological polar surface area (TPSA) is 55.5 Å². The minimum absolute atomic E-state index is 0.142. The number of anilines is 1. The third kappa shape index (κ3) is 2.35. The Bertz CT molecular complexity index is 354. The standard InChI is InChI=1S/C7H5ClF3NO2/c8-3-1-2-4(5(12)6(3)13)14-7(9,10)11/h1-2,13H,12H2. The molecule has 1 aromatic carbocycles. The van der Waals surface area contributed by atoms with Crippen molar-refractivity contribution in [3.63, 3.8) is 0 Å². The molecule has 78 valence electrons. The molecule has 0 aromatic heterocycles. The molecular weight excluding hydrogens is 223 g/mol. The number of hydrogen-bond acceptors (Lipinski definition) is 3. The Balaban J connectivity index is 3.06. The summed E-state index contributed by atoms with van der Waals surface area (Å²) in [4.78, 5) is 0. The van der Waals surface area contributed by atoms with Crippen LogP contribution in [0.5, 0.6) is 11.5 Å². The van der Waals surface area contributed by atoms with Crippen molar-refractivity contribution in [2.24, 2.45) is 0 Å². The van der Waals surface area contributed by atoms with Gasteiger partial charge in [0.1, 0.15) is 5.69 Å². The molecule has 0 aliphatic rings. The maximum atomic E-state index is 11.8. The van der Waals surface area contributed by atoms with E-state index in [1.807, 2.05) is 0 Å². The number of hydrogen-bond donors (Lipinski definition) is 2. The number of rotatable bonds is 1. The molecule has 0 aliphatic carbocycles. The quantitative estimate of drug-likeness (QED) is 0.573. The van der Waals surface area contributed by atoms with Crippen molar-refractivity contribution in [1.29, 1.82) is 0 Å². The van der Waals surface area contributed by atoms with E-state index in [1.165, 1.54) is 0 Å². The summed E-state index contributed by atoms with van der Waals surface area (Å²) in [7, 11) is 0. The van der Waals surface area contributed by atoms with E-state index in [0.29, 0.717) is 0 Å². The predicted octanol–water partition coefficient (Wildman–Crippen LogP) is 2.53. The molecule has 0 amide bonds. The van der Waals surface area contributed by atoms with Crippen LogP contribution in [0.4, 0.5) is 18.9 Å². The molecule has 0 saturated heterocycles. The Labute approximate surface area is 81.8 Å². The third-order valence-corrected chi connectivity index (χ3v) is 1.66. The maximum Gasteiger partial charge on any atom is 0.573 e. The van der Waals surface area contributed by atoms with E-state index in [4.69, 9.17) is 22.4 Å². The van der Waals surface area contributed by atoms with Crippen LogP contribution in [0.3, 0.4) is 0 Å². The van der Waals surface area contributed by atoms with Crippen molar-refractivity contribution in [3.8, 4) is 11.5 Å². The average molecular weight is 228 g/mol. The summed E-state index contributed by atoms with van der Waals surface area (Å²) in [6.45, 7) is 0. The van der Waals surface area contributed by atoms with Gasteiger partial charge >= 0.3 is 6.36 Å². The number of alkyl halides is 3. The van der Waals surface area contributed by atoms with Crippen molar-refractivity contribution >= 4 is 17.3 Å². The van der Waals surface area contributed by atoms with Gasteiger partial charge in [-0.2, -0.15) is 0 Å². The molecule has 0 heterocycles. The molecule has 1 rings (SSSR count). The molecule has 0 spiro atoms. The molecule has 0 radical (unpaired) electrons. The maximum absolute atomic E-state index is 11.8. The normalized spacial score (nSPS) is 11.4. The van der Waals surface area contributed by atoms with Gasteiger partial charge in [0.25, 0.3) is 0 Å². The Morgan fingerprint density at radius 1 is 1.36 bits per heavy atom. The Kier molecular flexibility index (Phi) is 2.66. The first-order valence-corrected chi connectivity index (χ1v) is 3.72. The summed E-state index contributed by atoms with van der Waals surface area (Å²) in [6, 6.07) is 1.97. The van der Waals surface area contributed by atoms with Gasteiger partial charge in [0.15, 0.2) is 11.5 Å². The number of benzene rings is 1. The van der Waals surface area contributed by atoms with Gasteiger partial charge in [0.2, 0.25) is 0 Å². The highest BCUT2D eigenvalue weighted by atomic mass is 35.5. The zero-order chi connectivity index (χ0) is 10.9. The second-order valence-electron chi connectivity index (χ2n) is 2.36. The molecule has 0 unspecified atom stereocenters. The van der Waals surface area contributed by atoms with Crippen LogP contribution in [0.25, 0.3) is 0 Å². The smallest absolute Gasteiger partial charge is 0.504 e. The van der Waals surface area contributed by atoms with Crippen LogP contribution in [0, 0.1) is 0 Å². The third-order valence-electron chi connectivity index (χ3n) is 1.35. The van der Waals surface area contributed by atoms with Crippen LogP contribution in [-0.2, 0) is 0 Å². The van der Waals surface area contributed by atoms with Crippen LogP contribution in [0.2, 0.25) is 5.02 Å². The molecule has 3 nitrogen and oxygen atoms in total. The van der Waals surface area contributed by atoms with E-state index in [0.717, 1.165) is 12.1 Å². The van der Waals surface area contributed by atoms with Gasteiger partial charge in [-0.25, -0.2) is 0 Å². The van der Waals surface area contributed by atoms with Gasteiger partial charge in [0, 0.05) is 0 Å². The van der Waals surface area contributed by atoms with E-state index in [9.17, 15) is 13.2 Å². The number of nitrogen functional groups attached to an aromatic ring is 1. The van der Waals surface area contributed by atoms with Gasteiger partial charge < -0.3 is 15.6 Å². The minimum Gasteiger partial charge on any atom is -0.504 e. The molecule has 0 fully saturated rings. The van der Waals surface area contributed by atoms with E-state index in [2.05, 4.69) is 4.74 Å². The van der Waals surface area contributed by atoms with Crippen LogP contribution in [0.1, 0.15) is 0 Å². The van der Waals surface area contributed by atoms with Gasteiger partial charge in [-0.05, 0) is 12.1 Å². The van der Waals surface area contributed by atoms with E-state index in [1.54, 1.807) is 0 Å². The fourth-order valence-electron chi connectivity index (χ4n) is 0.777. The highest BCUT2D eigenvalue weighted by Crippen LogP contribution is 2.38. The molecule has 0 bridgehead atoms. The SMILES string of the molecule is Nc1c(OC(F)(F)F)ccc(Cl)c1O. The number of aromatic hydroxyl groups is 1. The summed E-state index contributed by atoms with van der Waals surface area (Å²) in [5.74, 6) is -1.31. The Hall–Kier alpha value is -1.30. The number of ether oxygens (including phenoxy) is 1. The largest absolute Gasteiger partial charge is 0.573 e. The summed E-state index contributed by atoms with van der Waals surface area (Å²) in [5.41, 5.74) is 4.58. The van der Waals surface area contributed by atoms with Crippen molar-refractivity contribution in [3.05, 3.63) is 17.2 Å². The summed E-state index contributed by atoms with van der Waals surface area (Å²) < 4.78 is 38.8. The van der Waals surface area contributed by atoms with Crippen molar-refractivity contribution < 1.29 is 23.0 Å². The second-order valence-corrected chi connectivity index (χ2v) is 2.76. The van der Waals surface area contributed by atoms with Crippen LogP contribution in [-0.4, -0.2) is 11.5 Å². The van der Waals surface area contributed by atoms with Crippen molar-refractivity contribution in [2.75, 3.05) is 5.73 Å². The van der Waals surface area contributed by atoms with Crippen LogP contribution < -0.4 is 10.5 Å². The molecule has 0 saturated carbocycles. The lowest BCUT2D eigenvalue weighted by Gasteiger charge is -2.12. The fraction of sp³-hybridized carbons (Fsp3) is 0.143. The number of phenols is 1. The van der Waals surface area contributed by atoms with Crippen LogP contribution in [0.15, 0.2) is 12.1 Å². The zero-order valence-electron chi connectivity index (χ0n) is 6.60. The molecule has 0 atom stereocenters. The van der Waals surface area contributed by atoms with Gasteiger partial charge in [0.05, 0.1) is 5.02 Å². The lowest BCUT2D eigenvalue weighted by Crippen LogP contribution is -2.18. The number of nitrogens with two attached hydrogens (primary N) is 1. The number of phenolic OH excluding ortho intramolecular Hbond substituents is 1. The van der Waals surface area contributed by atoms with Gasteiger partial charge in [-0.3, -0.25) is 0 Å². The molecule has 3 N–H and O–H groups in total. The fourth-order valence-corrected chi connectivity index (χ4v) is 0.941. The average Bonchev–Trinajstić information content (AvgIpc) is 2.04. The first kappa shape index (κ1) is 10.8. The number of halogens is 4. The van der Waals surface area contributed by atoms with Crippen molar-refractivity contribution in [2.45, 2.75) is 6.36 Å². The highest BCUT2D eigenvalue weighted by Gasteiger charge is 2.32. The van der Waals surface area contributed by atoms with Gasteiger partial charge in [-0.1, -0.05) is 11.6 Å². The molecule has 0 aliphatic heterocycles. The summed E-state index contributed by atoms with van der Waals surface area (Å²) in [5, 5.41) is 8.94. The molecule has 7 heteroatoms. The van der Waals surface area contributed by atoms with Crippen LogP contribution >= 0.6 is 11.6 Å². The minimum atomic E-state index is -4.85. The molecule has 14 heavy (non-hydrogen) atoms. The Morgan fingerprint density at radius 3 is 2.43 bits per heavy atom. The van der Waals surface area contributed by atoms with E-state index >= 15 is 0 Å². The lowest BCUT2D eigenvalue weighted by atomic mass is 10.3. The monoisotopic (exact) mass is 227 g/mol. The predicted molar refractivity (Wildman–Crippen MR) is 44.2 cm³/mol. The summed E-state index contributed by atoms with van der Waals surface area (Å²) in [6.07, 6.45) is -4.85. The second kappa shape index (κ2) is 3.45. The first-order chi connectivity index (χ1) is 6.31. The van der Waals surface area contributed by atoms with Gasteiger partial charge in [-0.15, -0.1) is 13.2 Å². The molecule has 1 aromatic rings. The van der Waals surface area contributed by atoms with Crippen molar-refractivity contribution in [1.82, 2.24) is 0 Å². The Morgan fingerprint density at radius 2 is 1.93 bits per heavy atom. The highest BCUT2D eigenvalue weighted by molar-refractivity contribution is 6.32. The zero-order valence-corrected chi connectivity index (χ0v) is 7.36. The molecular formula is C7H5ClF3NO2. The van der Waals surface area contributed by atoms with E-state index in [-0.39, 0.29) is 5.02 Å². The van der Waals surface area contributed by atoms with E-state index < -0.39 is 23.5 Å². The lowest BCUT2D eigenvalue weighted by molar-refractivity contribution is -0.274.